The molecule has 0 unspecified atom stereocenters. The Labute approximate surface area is 128 Å². The van der Waals surface area contributed by atoms with Crippen LogP contribution in [0.5, 0.6) is 0 Å². The molecule has 3 heteroatoms. The van der Waals surface area contributed by atoms with Crippen LogP contribution >= 0.6 is 15.9 Å². The molecule has 1 saturated heterocycles. The van der Waals surface area contributed by atoms with Crippen molar-refractivity contribution < 1.29 is 0 Å². The van der Waals surface area contributed by atoms with Crippen LogP contribution in [0.4, 0.5) is 0 Å². The molecule has 0 amide bonds. The van der Waals surface area contributed by atoms with Crippen molar-refractivity contribution in [2.45, 2.75) is 45.1 Å². The summed E-state index contributed by atoms with van der Waals surface area (Å²) in [6.07, 6.45) is 5.08. The Balaban J connectivity index is 1.91. The number of aryl methyl sites for hydroxylation is 2. The lowest BCUT2D eigenvalue weighted by molar-refractivity contribution is 0.460. The summed E-state index contributed by atoms with van der Waals surface area (Å²) in [4.78, 5) is 0. The monoisotopic (exact) mass is 332 g/mol. The maximum absolute atomic E-state index is 3.83. The summed E-state index contributed by atoms with van der Waals surface area (Å²) >= 11 is 3.83. The molecule has 106 valence electrons. The van der Waals surface area contributed by atoms with Crippen molar-refractivity contribution in [1.29, 1.82) is 0 Å². The van der Waals surface area contributed by atoms with Crippen molar-refractivity contribution in [2.24, 2.45) is 0 Å². The lowest BCUT2D eigenvalue weighted by Crippen LogP contribution is -2.26. The quantitative estimate of drug-likeness (QED) is 0.830. The molecule has 0 bridgehead atoms. The van der Waals surface area contributed by atoms with Gasteiger partial charge in [0.1, 0.15) is 0 Å². The third-order valence-corrected chi connectivity index (χ3v) is 6.08. The number of halogens is 1. The normalized spacial score (nSPS) is 19.7. The van der Waals surface area contributed by atoms with Gasteiger partial charge in [0.05, 0.1) is 5.52 Å². The highest BCUT2D eigenvalue weighted by molar-refractivity contribution is 9.10. The van der Waals surface area contributed by atoms with Gasteiger partial charge in [-0.3, -0.25) is 0 Å². The molecule has 1 aromatic heterocycles. The molecule has 4 rings (SSSR count). The van der Waals surface area contributed by atoms with Gasteiger partial charge in [-0.1, -0.05) is 6.07 Å². The minimum atomic E-state index is 0.745. The maximum Gasteiger partial charge on any atom is 0.0526 e. The molecule has 1 fully saturated rings. The predicted octanol–water partition coefficient (Wildman–Crippen LogP) is 4.13. The third kappa shape index (κ3) is 1.86. The van der Waals surface area contributed by atoms with Crippen LogP contribution in [-0.4, -0.2) is 17.7 Å². The zero-order chi connectivity index (χ0) is 13.7. The Morgan fingerprint density at radius 2 is 2.05 bits per heavy atom. The number of aromatic nitrogens is 1. The van der Waals surface area contributed by atoms with Crippen LogP contribution in [-0.2, 0) is 13.0 Å². The predicted molar refractivity (Wildman–Crippen MR) is 87.5 cm³/mol. The number of benzene rings is 1. The van der Waals surface area contributed by atoms with Crippen LogP contribution in [0.1, 0.15) is 42.0 Å². The second kappa shape index (κ2) is 4.88. The number of hydrogen-bond acceptors (Lipinski definition) is 1. The molecular formula is C17H21BrN2. The summed E-state index contributed by atoms with van der Waals surface area (Å²) in [5, 5.41) is 4.91. The van der Waals surface area contributed by atoms with E-state index in [-0.39, 0.29) is 0 Å². The van der Waals surface area contributed by atoms with Crippen molar-refractivity contribution in [1.82, 2.24) is 9.88 Å². The van der Waals surface area contributed by atoms with E-state index < -0.39 is 0 Å². The minimum Gasteiger partial charge on any atom is -0.343 e. The molecule has 0 saturated carbocycles. The molecule has 0 radical (unpaired) electrons. The number of nitrogens with zero attached hydrogens (tertiary/aromatic N) is 1. The van der Waals surface area contributed by atoms with Crippen molar-refractivity contribution in [3.63, 3.8) is 0 Å². The average molecular weight is 333 g/mol. The lowest BCUT2D eigenvalue weighted by Gasteiger charge is -2.25. The van der Waals surface area contributed by atoms with E-state index in [0.717, 1.165) is 5.92 Å². The average Bonchev–Trinajstić information content (AvgIpc) is 2.75. The summed E-state index contributed by atoms with van der Waals surface area (Å²) in [7, 11) is 0. The zero-order valence-corrected chi connectivity index (χ0v) is 13.6. The van der Waals surface area contributed by atoms with Gasteiger partial charge in [-0.05, 0) is 84.7 Å². The minimum absolute atomic E-state index is 0.745. The third-order valence-electron chi connectivity index (χ3n) is 5.08. The van der Waals surface area contributed by atoms with Crippen LogP contribution in [0.3, 0.4) is 0 Å². The summed E-state index contributed by atoms with van der Waals surface area (Å²) in [5.41, 5.74) is 6.01. The van der Waals surface area contributed by atoms with E-state index >= 15 is 0 Å². The number of rotatable bonds is 1. The Morgan fingerprint density at radius 3 is 2.85 bits per heavy atom. The van der Waals surface area contributed by atoms with Gasteiger partial charge in [-0.25, -0.2) is 0 Å². The molecule has 20 heavy (non-hydrogen) atoms. The van der Waals surface area contributed by atoms with E-state index in [1.54, 1.807) is 11.1 Å². The van der Waals surface area contributed by atoms with Gasteiger partial charge in [0.25, 0.3) is 0 Å². The fraction of sp³-hybridized carbons (Fsp3) is 0.529. The topological polar surface area (TPSA) is 17.0 Å². The largest absolute Gasteiger partial charge is 0.343 e. The first kappa shape index (κ1) is 12.9. The second-order valence-electron chi connectivity index (χ2n) is 6.26. The lowest BCUT2D eigenvalue weighted by atomic mass is 9.87. The van der Waals surface area contributed by atoms with Crippen LogP contribution in [0.25, 0.3) is 10.9 Å². The van der Waals surface area contributed by atoms with Gasteiger partial charge < -0.3 is 9.88 Å². The molecule has 2 aliphatic rings. The summed E-state index contributed by atoms with van der Waals surface area (Å²) in [6.45, 7) is 5.75. The molecule has 0 aliphatic carbocycles. The smallest absolute Gasteiger partial charge is 0.0526 e. The van der Waals surface area contributed by atoms with Gasteiger partial charge in [0, 0.05) is 22.1 Å². The Kier molecular flexibility index (Phi) is 3.15. The molecule has 0 spiro atoms. The molecule has 2 aromatic rings. The van der Waals surface area contributed by atoms with E-state index in [4.69, 9.17) is 0 Å². The number of nitrogens with one attached hydrogen (secondary N) is 1. The summed E-state index contributed by atoms with van der Waals surface area (Å²) in [5.74, 6) is 0.745. The first-order chi connectivity index (χ1) is 9.75. The molecule has 1 aromatic carbocycles. The van der Waals surface area contributed by atoms with E-state index in [0.29, 0.717) is 0 Å². The van der Waals surface area contributed by atoms with Crippen molar-refractivity contribution in [3.8, 4) is 0 Å². The van der Waals surface area contributed by atoms with E-state index in [9.17, 15) is 0 Å². The van der Waals surface area contributed by atoms with Gasteiger partial charge >= 0.3 is 0 Å². The second-order valence-corrected chi connectivity index (χ2v) is 7.05. The van der Waals surface area contributed by atoms with Gasteiger partial charge in [0.15, 0.2) is 0 Å². The highest BCUT2D eigenvalue weighted by Crippen LogP contribution is 2.39. The Bertz CT molecular complexity index is 665. The Hall–Kier alpha value is -0.800. The maximum atomic E-state index is 3.83. The standard InChI is InChI=1S/C17H21BrN2/c1-11-16(18)15-10-14(12-4-6-19-7-5-12)9-13-3-2-8-20(11)17(13)15/h9-10,12,19H,2-8H2,1H3. The molecule has 1 N–H and O–H groups in total. The number of piperidine rings is 1. The van der Waals surface area contributed by atoms with Crippen molar-refractivity contribution in [3.05, 3.63) is 33.4 Å². The highest BCUT2D eigenvalue weighted by Gasteiger charge is 2.22. The molecule has 3 heterocycles. The zero-order valence-electron chi connectivity index (χ0n) is 12.0. The fourth-order valence-corrected chi connectivity index (χ4v) is 4.49. The Morgan fingerprint density at radius 1 is 1.25 bits per heavy atom. The first-order valence-electron chi connectivity index (χ1n) is 7.77. The molecule has 0 atom stereocenters. The number of hydrogen-bond donors (Lipinski definition) is 1. The van der Waals surface area contributed by atoms with Crippen LogP contribution in [0.2, 0.25) is 0 Å². The van der Waals surface area contributed by atoms with Crippen LogP contribution in [0.15, 0.2) is 16.6 Å². The van der Waals surface area contributed by atoms with E-state index in [1.165, 1.54) is 66.4 Å². The van der Waals surface area contributed by atoms with Gasteiger partial charge in [-0.2, -0.15) is 0 Å². The van der Waals surface area contributed by atoms with E-state index in [1.807, 2.05) is 0 Å². The van der Waals surface area contributed by atoms with Crippen molar-refractivity contribution >= 4 is 26.8 Å². The van der Waals surface area contributed by atoms with Crippen LogP contribution in [0, 0.1) is 6.92 Å². The SMILES string of the molecule is Cc1c(Br)c2cc(C3CCNCC3)cc3c2n1CCC3. The summed E-state index contributed by atoms with van der Waals surface area (Å²) < 4.78 is 3.82. The fourth-order valence-electron chi connectivity index (χ4n) is 3.98. The first-order valence-corrected chi connectivity index (χ1v) is 8.57. The summed E-state index contributed by atoms with van der Waals surface area (Å²) in [6, 6.07) is 4.95. The molecular weight excluding hydrogens is 312 g/mol. The van der Waals surface area contributed by atoms with E-state index in [2.05, 4.69) is 44.9 Å². The molecule has 2 nitrogen and oxygen atoms in total. The highest BCUT2D eigenvalue weighted by atomic mass is 79.9. The van der Waals surface area contributed by atoms with Gasteiger partial charge in [-0.15, -0.1) is 0 Å². The van der Waals surface area contributed by atoms with Gasteiger partial charge in [0.2, 0.25) is 0 Å². The van der Waals surface area contributed by atoms with Crippen molar-refractivity contribution in [2.75, 3.05) is 13.1 Å². The molecule has 2 aliphatic heterocycles. The van der Waals surface area contributed by atoms with Crippen LogP contribution < -0.4 is 5.32 Å².